The first-order valence-corrected chi connectivity index (χ1v) is 8.14. The first kappa shape index (κ1) is 12.6. The number of rotatable bonds is 0. The van der Waals surface area contributed by atoms with E-state index in [1.807, 2.05) is 0 Å². The molecule has 0 aromatic rings. The monoisotopic (exact) mass is 264 g/mol. The molecule has 2 saturated carbocycles. The minimum absolute atomic E-state index is 0.0629. The topological polar surface area (TPSA) is 18.5 Å². The zero-order valence-corrected chi connectivity index (χ0v) is 12.9. The summed E-state index contributed by atoms with van der Waals surface area (Å²) in [5.74, 6) is 1.32. The molecule has 2 heteroatoms. The molecule has 2 aliphatic carbocycles. The highest BCUT2D eigenvalue weighted by atomic mass is 16.8. The molecule has 2 heterocycles. The van der Waals surface area contributed by atoms with Crippen molar-refractivity contribution >= 4 is 0 Å². The Bertz CT molecular complexity index is 417. The lowest BCUT2D eigenvalue weighted by molar-refractivity contribution is -0.150. The molecule has 0 aromatic heterocycles. The maximum absolute atomic E-state index is 6.41. The van der Waals surface area contributed by atoms with Gasteiger partial charge in [0.2, 0.25) is 0 Å². The van der Waals surface area contributed by atoms with Crippen LogP contribution in [0.4, 0.5) is 0 Å². The summed E-state index contributed by atoms with van der Waals surface area (Å²) in [7, 11) is 0. The Morgan fingerprint density at radius 1 is 0.947 bits per heavy atom. The highest BCUT2D eigenvalue weighted by molar-refractivity contribution is 5.15. The van der Waals surface area contributed by atoms with Crippen LogP contribution < -0.4 is 0 Å². The fourth-order valence-electron chi connectivity index (χ4n) is 6.42. The molecule has 0 amide bonds. The van der Waals surface area contributed by atoms with Crippen LogP contribution in [-0.2, 0) is 9.47 Å². The van der Waals surface area contributed by atoms with Crippen molar-refractivity contribution in [3.8, 4) is 0 Å². The van der Waals surface area contributed by atoms with Gasteiger partial charge in [-0.25, -0.2) is 0 Å². The molecule has 2 saturated heterocycles. The Hall–Kier alpha value is -0.0800. The summed E-state index contributed by atoms with van der Waals surface area (Å²) in [5, 5.41) is 0. The van der Waals surface area contributed by atoms with Gasteiger partial charge in [0, 0.05) is 12.3 Å². The van der Waals surface area contributed by atoms with Gasteiger partial charge in [0.05, 0.1) is 12.2 Å². The summed E-state index contributed by atoms with van der Waals surface area (Å²) in [6.45, 7) is 10.6. The van der Waals surface area contributed by atoms with Gasteiger partial charge in [0.1, 0.15) is 0 Å². The van der Waals surface area contributed by atoms with Crippen molar-refractivity contribution in [3.63, 3.8) is 0 Å². The summed E-state index contributed by atoms with van der Waals surface area (Å²) in [5.41, 5.74) is 1.05. The minimum Gasteiger partial charge on any atom is -0.347 e. The van der Waals surface area contributed by atoms with Crippen molar-refractivity contribution in [2.75, 3.05) is 6.61 Å². The molecule has 4 fully saturated rings. The van der Waals surface area contributed by atoms with Crippen LogP contribution in [-0.4, -0.2) is 18.0 Å². The van der Waals surface area contributed by atoms with Crippen molar-refractivity contribution in [3.05, 3.63) is 0 Å². The average Bonchev–Trinajstić information content (AvgIpc) is 2.78. The standard InChI is InChI=1S/C17H28O2/c1-14(2)7-5-8-15(3)12(14)6-9-17-11-18-16(4,19-17)10-13(15)17/h12-13H,5-11H2,1-4H3/t12?,13-,15+,16-,17-/m1/s1. The first-order valence-electron chi connectivity index (χ1n) is 8.14. The van der Waals surface area contributed by atoms with Crippen LogP contribution in [0.25, 0.3) is 0 Å². The van der Waals surface area contributed by atoms with Gasteiger partial charge in [-0.15, -0.1) is 0 Å². The molecule has 0 radical (unpaired) electrons. The second kappa shape index (κ2) is 3.39. The van der Waals surface area contributed by atoms with Gasteiger partial charge < -0.3 is 9.47 Å². The summed E-state index contributed by atoms with van der Waals surface area (Å²) in [6, 6.07) is 0. The quantitative estimate of drug-likeness (QED) is 0.655. The Balaban J connectivity index is 1.75. The van der Waals surface area contributed by atoms with E-state index in [0.29, 0.717) is 10.8 Å². The van der Waals surface area contributed by atoms with Gasteiger partial charge in [0.25, 0.3) is 0 Å². The van der Waals surface area contributed by atoms with Gasteiger partial charge in [0.15, 0.2) is 5.79 Å². The second-order valence-corrected chi connectivity index (χ2v) is 8.79. The van der Waals surface area contributed by atoms with Crippen LogP contribution in [0.3, 0.4) is 0 Å². The molecule has 4 aliphatic rings. The predicted octanol–water partition coefficient (Wildman–Crippen LogP) is 4.13. The Labute approximate surface area is 117 Å². The van der Waals surface area contributed by atoms with Crippen LogP contribution in [0.5, 0.6) is 0 Å². The fourth-order valence-corrected chi connectivity index (χ4v) is 6.42. The molecule has 108 valence electrons. The van der Waals surface area contributed by atoms with Crippen LogP contribution in [0.2, 0.25) is 0 Å². The maximum atomic E-state index is 6.41. The third kappa shape index (κ3) is 1.45. The largest absolute Gasteiger partial charge is 0.347 e. The first-order chi connectivity index (χ1) is 8.80. The predicted molar refractivity (Wildman–Crippen MR) is 74.7 cm³/mol. The van der Waals surface area contributed by atoms with Crippen LogP contribution in [0.1, 0.15) is 66.2 Å². The number of ether oxygens (including phenoxy) is 2. The SMILES string of the molecule is CC1(C)CCC[C@@]2(C)C1CC[C@@]13CO[C@@](C)(C[C@@H]12)O3. The van der Waals surface area contributed by atoms with E-state index in [0.717, 1.165) is 24.9 Å². The lowest BCUT2D eigenvalue weighted by atomic mass is 9.45. The minimum atomic E-state index is -0.274. The zero-order valence-electron chi connectivity index (χ0n) is 12.9. The number of fused-ring (bicyclic) bond motifs is 3. The summed E-state index contributed by atoms with van der Waals surface area (Å²) >= 11 is 0. The molecule has 19 heavy (non-hydrogen) atoms. The molecule has 4 rings (SSSR count). The molecule has 2 bridgehead atoms. The van der Waals surface area contributed by atoms with Crippen molar-refractivity contribution in [1.82, 2.24) is 0 Å². The van der Waals surface area contributed by atoms with Crippen molar-refractivity contribution in [1.29, 1.82) is 0 Å². The fraction of sp³-hybridized carbons (Fsp3) is 1.00. The summed E-state index contributed by atoms with van der Waals surface area (Å²) < 4.78 is 12.4. The van der Waals surface area contributed by atoms with E-state index >= 15 is 0 Å². The normalized spacial score (nSPS) is 58.7. The maximum Gasteiger partial charge on any atom is 0.166 e. The average molecular weight is 264 g/mol. The number of hydrogen-bond acceptors (Lipinski definition) is 2. The molecule has 0 aromatic carbocycles. The molecular formula is C17H28O2. The third-order valence-corrected chi connectivity index (χ3v) is 7.18. The lowest BCUT2D eigenvalue weighted by Crippen LogP contribution is -2.58. The van der Waals surface area contributed by atoms with Gasteiger partial charge in [-0.2, -0.15) is 0 Å². The van der Waals surface area contributed by atoms with Gasteiger partial charge in [-0.1, -0.05) is 27.2 Å². The van der Waals surface area contributed by atoms with Crippen molar-refractivity contribution < 1.29 is 9.47 Å². The highest BCUT2D eigenvalue weighted by Crippen LogP contribution is 2.68. The summed E-state index contributed by atoms with van der Waals surface area (Å²) in [4.78, 5) is 0. The lowest BCUT2D eigenvalue weighted by Gasteiger charge is -2.60. The van der Waals surface area contributed by atoms with E-state index in [2.05, 4.69) is 27.7 Å². The smallest absolute Gasteiger partial charge is 0.166 e. The third-order valence-electron chi connectivity index (χ3n) is 7.18. The molecule has 1 unspecified atom stereocenters. The van der Waals surface area contributed by atoms with E-state index in [1.54, 1.807) is 0 Å². The molecule has 5 atom stereocenters. The Kier molecular flexibility index (Phi) is 2.25. The van der Waals surface area contributed by atoms with Gasteiger partial charge >= 0.3 is 0 Å². The van der Waals surface area contributed by atoms with Crippen molar-refractivity contribution in [2.45, 2.75) is 77.6 Å². The van der Waals surface area contributed by atoms with E-state index < -0.39 is 0 Å². The van der Waals surface area contributed by atoms with E-state index in [4.69, 9.17) is 9.47 Å². The van der Waals surface area contributed by atoms with Crippen LogP contribution in [0, 0.1) is 22.7 Å². The van der Waals surface area contributed by atoms with E-state index in [1.165, 1.54) is 32.1 Å². The molecule has 0 N–H and O–H groups in total. The Morgan fingerprint density at radius 3 is 2.47 bits per heavy atom. The summed E-state index contributed by atoms with van der Waals surface area (Å²) in [6.07, 6.45) is 7.87. The van der Waals surface area contributed by atoms with Crippen LogP contribution >= 0.6 is 0 Å². The van der Waals surface area contributed by atoms with Gasteiger partial charge in [-0.05, 0) is 49.4 Å². The zero-order chi connectivity index (χ0) is 13.5. The van der Waals surface area contributed by atoms with Crippen LogP contribution in [0.15, 0.2) is 0 Å². The molecule has 2 nitrogen and oxygen atoms in total. The molecular weight excluding hydrogens is 236 g/mol. The van der Waals surface area contributed by atoms with E-state index in [9.17, 15) is 0 Å². The van der Waals surface area contributed by atoms with Gasteiger partial charge in [-0.3, -0.25) is 0 Å². The Morgan fingerprint density at radius 2 is 1.74 bits per heavy atom. The van der Waals surface area contributed by atoms with E-state index in [-0.39, 0.29) is 11.4 Å². The highest BCUT2D eigenvalue weighted by Gasteiger charge is 2.69. The molecule has 2 aliphatic heterocycles. The second-order valence-electron chi connectivity index (χ2n) is 8.79. The number of hydrogen-bond donors (Lipinski definition) is 0. The van der Waals surface area contributed by atoms with Crippen molar-refractivity contribution in [2.24, 2.45) is 22.7 Å². The molecule has 1 spiro atoms.